The monoisotopic (exact) mass is 374 g/mol. The second-order valence-corrected chi connectivity index (χ2v) is 8.71. The highest BCUT2D eigenvalue weighted by molar-refractivity contribution is 8.26. The first-order valence-electron chi connectivity index (χ1n) is 6.79. The summed E-state index contributed by atoms with van der Waals surface area (Å²) >= 11 is 9.77. The molecule has 0 radical (unpaired) electrons. The van der Waals surface area contributed by atoms with E-state index in [4.69, 9.17) is 17.2 Å². The van der Waals surface area contributed by atoms with E-state index in [-0.39, 0.29) is 5.91 Å². The van der Waals surface area contributed by atoms with Crippen molar-refractivity contribution in [3.05, 3.63) is 46.2 Å². The van der Waals surface area contributed by atoms with E-state index in [1.165, 1.54) is 16.7 Å². The zero-order valence-electron chi connectivity index (χ0n) is 12.0. The molecule has 23 heavy (non-hydrogen) atoms. The number of nitrogens with zero attached hydrogens (tertiary/aromatic N) is 2. The molecule has 3 heterocycles. The normalized spacial score (nSPS) is 16.9. The minimum absolute atomic E-state index is 0.0327. The average molecular weight is 375 g/mol. The average Bonchev–Trinajstić information content (AvgIpc) is 3.17. The van der Waals surface area contributed by atoms with Gasteiger partial charge in [-0.15, -0.1) is 22.7 Å². The fourth-order valence-electron chi connectivity index (χ4n) is 2.20. The van der Waals surface area contributed by atoms with Crippen molar-refractivity contribution < 1.29 is 4.79 Å². The number of rotatable bonds is 2. The van der Waals surface area contributed by atoms with Gasteiger partial charge in [0.25, 0.3) is 5.91 Å². The molecule has 0 atom stereocenters. The highest BCUT2D eigenvalue weighted by atomic mass is 32.2. The van der Waals surface area contributed by atoms with Crippen LogP contribution in [-0.4, -0.2) is 27.2 Å². The van der Waals surface area contributed by atoms with E-state index in [9.17, 15) is 4.79 Å². The lowest BCUT2D eigenvalue weighted by Gasteiger charge is -2.03. The first-order valence-corrected chi connectivity index (χ1v) is 9.65. The Kier molecular flexibility index (Phi) is 3.81. The first kappa shape index (κ1) is 15.0. The molecule has 0 bridgehead atoms. The molecule has 0 N–H and O–H groups in total. The summed E-state index contributed by atoms with van der Waals surface area (Å²) in [7, 11) is 1.71. The SMILES string of the molecule is CN1C(=O)/C(=C\c2cc3sc(-c4ccccc4)nc3s2)SC1=S. The van der Waals surface area contributed by atoms with Gasteiger partial charge in [-0.1, -0.05) is 54.3 Å². The fraction of sp³-hybridized carbons (Fsp3) is 0.0625. The van der Waals surface area contributed by atoms with Crippen LogP contribution in [0.25, 0.3) is 26.2 Å². The number of carbonyl (C=O) groups is 1. The maximum atomic E-state index is 12.1. The predicted molar refractivity (Wildman–Crippen MR) is 104 cm³/mol. The molecule has 0 aliphatic carbocycles. The summed E-state index contributed by atoms with van der Waals surface area (Å²) in [6.07, 6.45) is 1.91. The third-order valence-corrected chi connectivity index (χ3v) is 7.03. The van der Waals surface area contributed by atoms with E-state index in [1.54, 1.807) is 29.7 Å². The molecule has 3 nitrogen and oxygen atoms in total. The number of thiocarbonyl (C=S) groups is 1. The Morgan fingerprint density at radius 3 is 2.65 bits per heavy atom. The number of aromatic nitrogens is 1. The summed E-state index contributed by atoms with van der Waals surface area (Å²) < 4.78 is 1.75. The Labute approximate surface area is 150 Å². The molecule has 1 aliphatic rings. The number of thiophene rings is 1. The third-order valence-electron chi connectivity index (χ3n) is 3.39. The molecule has 1 fully saturated rings. The minimum atomic E-state index is -0.0327. The molecule has 1 aromatic carbocycles. The van der Waals surface area contributed by atoms with Crippen molar-refractivity contribution in [2.75, 3.05) is 7.05 Å². The summed E-state index contributed by atoms with van der Waals surface area (Å²) in [5, 5.41) is 1.03. The van der Waals surface area contributed by atoms with Crippen LogP contribution in [0.1, 0.15) is 4.88 Å². The number of likely N-dealkylation sites (N-methyl/N-ethyl adjacent to an activating group) is 1. The van der Waals surface area contributed by atoms with Gasteiger partial charge in [-0.25, -0.2) is 4.98 Å². The van der Waals surface area contributed by atoms with Crippen LogP contribution in [0.3, 0.4) is 0 Å². The fourth-order valence-corrected chi connectivity index (χ4v) is 5.62. The van der Waals surface area contributed by atoms with Crippen LogP contribution in [0.5, 0.6) is 0 Å². The van der Waals surface area contributed by atoms with Gasteiger partial charge >= 0.3 is 0 Å². The van der Waals surface area contributed by atoms with Crippen LogP contribution >= 0.6 is 46.7 Å². The van der Waals surface area contributed by atoms with Crippen molar-refractivity contribution >= 4 is 72.5 Å². The second-order valence-electron chi connectivity index (χ2n) is 4.94. The summed E-state index contributed by atoms with van der Waals surface area (Å²) in [6, 6.07) is 12.3. The molecule has 2 aromatic heterocycles. The van der Waals surface area contributed by atoms with Gasteiger partial charge < -0.3 is 0 Å². The minimum Gasteiger partial charge on any atom is -0.296 e. The smallest absolute Gasteiger partial charge is 0.265 e. The summed E-state index contributed by atoms with van der Waals surface area (Å²) in [5.41, 5.74) is 1.13. The van der Waals surface area contributed by atoms with Gasteiger partial charge in [0.05, 0.1) is 9.61 Å². The molecular formula is C16H10N2OS4. The summed E-state index contributed by atoms with van der Waals surface area (Å²) in [4.78, 5) is 21.0. The van der Waals surface area contributed by atoms with Gasteiger partial charge in [0.1, 0.15) is 14.2 Å². The van der Waals surface area contributed by atoms with Crippen molar-refractivity contribution in [2.24, 2.45) is 0 Å². The summed E-state index contributed by atoms with van der Waals surface area (Å²) in [6.45, 7) is 0. The molecular weight excluding hydrogens is 364 g/mol. The standard InChI is InChI=1S/C16H10N2OS4/c1-18-15(19)12(23-16(18)20)8-10-7-11-14(21-10)17-13(22-11)9-5-3-2-4-6-9/h2-8H,1H3/b12-8+. The van der Waals surface area contributed by atoms with Crippen LogP contribution in [0, 0.1) is 0 Å². The van der Waals surface area contributed by atoms with E-state index < -0.39 is 0 Å². The molecule has 1 amide bonds. The highest BCUT2D eigenvalue weighted by Crippen LogP contribution is 2.38. The van der Waals surface area contributed by atoms with Crippen LogP contribution < -0.4 is 0 Å². The Morgan fingerprint density at radius 2 is 2.00 bits per heavy atom. The molecule has 1 saturated heterocycles. The largest absolute Gasteiger partial charge is 0.296 e. The van der Waals surface area contributed by atoms with Crippen LogP contribution in [0.2, 0.25) is 0 Å². The molecule has 114 valence electrons. The first-order chi connectivity index (χ1) is 11.1. The highest BCUT2D eigenvalue weighted by Gasteiger charge is 2.28. The van der Waals surface area contributed by atoms with Gasteiger partial charge in [0, 0.05) is 17.5 Å². The molecule has 0 spiro atoms. The maximum absolute atomic E-state index is 12.1. The lowest BCUT2D eigenvalue weighted by Crippen LogP contribution is -2.22. The van der Waals surface area contributed by atoms with Gasteiger partial charge in [0.2, 0.25) is 0 Å². The van der Waals surface area contributed by atoms with Gasteiger partial charge in [-0.05, 0) is 12.1 Å². The Morgan fingerprint density at radius 1 is 1.22 bits per heavy atom. The van der Waals surface area contributed by atoms with Crippen LogP contribution in [0.15, 0.2) is 41.3 Å². The Balaban J connectivity index is 1.68. The van der Waals surface area contributed by atoms with Crippen molar-refractivity contribution in [1.82, 2.24) is 9.88 Å². The number of thiazole rings is 1. The number of benzene rings is 1. The number of amides is 1. The van der Waals surface area contributed by atoms with E-state index in [0.717, 1.165) is 25.0 Å². The van der Waals surface area contributed by atoms with E-state index in [2.05, 4.69) is 18.2 Å². The maximum Gasteiger partial charge on any atom is 0.265 e. The molecule has 3 aromatic rings. The Hall–Kier alpha value is -1.54. The molecule has 1 aliphatic heterocycles. The van der Waals surface area contributed by atoms with E-state index in [0.29, 0.717) is 9.23 Å². The number of hydrogen-bond donors (Lipinski definition) is 0. The molecule has 7 heteroatoms. The van der Waals surface area contributed by atoms with Gasteiger partial charge in [-0.3, -0.25) is 9.69 Å². The second kappa shape index (κ2) is 5.83. The lowest BCUT2D eigenvalue weighted by molar-refractivity contribution is -0.121. The van der Waals surface area contributed by atoms with E-state index in [1.807, 2.05) is 24.3 Å². The van der Waals surface area contributed by atoms with Crippen molar-refractivity contribution in [3.8, 4) is 10.6 Å². The zero-order chi connectivity index (χ0) is 16.0. The topological polar surface area (TPSA) is 33.2 Å². The number of hydrogen-bond acceptors (Lipinski definition) is 6. The number of fused-ring (bicyclic) bond motifs is 1. The third kappa shape index (κ3) is 2.74. The Bertz CT molecular complexity index is 924. The van der Waals surface area contributed by atoms with Gasteiger partial charge in [0.15, 0.2) is 0 Å². The molecule has 0 saturated carbocycles. The zero-order valence-corrected chi connectivity index (χ0v) is 15.2. The molecule has 0 unspecified atom stereocenters. The van der Waals surface area contributed by atoms with Gasteiger partial charge in [-0.2, -0.15) is 0 Å². The lowest BCUT2D eigenvalue weighted by atomic mass is 10.2. The summed E-state index contributed by atoms with van der Waals surface area (Å²) in [5.74, 6) is -0.0327. The quantitative estimate of drug-likeness (QED) is 0.474. The predicted octanol–water partition coefficient (Wildman–Crippen LogP) is 4.86. The van der Waals surface area contributed by atoms with Crippen molar-refractivity contribution in [2.45, 2.75) is 0 Å². The number of carbonyl (C=O) groups excluding carboxylic acids is 1. The van der Waals surface area contributed by atoms with E-state index >= 15 is 0 Å². The van der Waals surface area contributed by atoms with Crippen LogP contribution in [-0.2, 0) is 4.79 Å². The van der Waals surface area contributed by atoms with Crippen LogP contribution in [0.4, 0.5) is 0 Å². The molecule has 4 rings (SSSR count). The number of thioether (sulfide) groups is 1. The van der Waals surface area contributed by atoms with Crippen molar-refractivity contribution in [1.29, 1.82) is 0 Å². The van der Waals surface area contributed by atoms with Crippen molar-refractivity contribution in [3.63, 3.8) is 0 Å².